The first-order chi connectivity index (χ1) is 15.2. The van der Waals surface area contributed by atoms with Gasteiger partial charge in [0, 0.05) is 23.4 Å². The van der Waals surface area contributed by atoms with Crippen LogP contribution in [-0.2, 0) is 6.54 Å². The summed E-state index contributed by atoms with van der Waals surface area (Å²) in [6.07, 6.45) is 3.25. The van der Waals surface area contributed by atoms with Crippen LogP contribution in [0, 0.1) is 0 Å². The largest absolute Gasteiger partial charge is 0.508 e. The van der Waals surface area contributed by atoms with E-state index in [1.807, 2.05) is 19.2 Å². The van der Waals surface area contributed by atoms with Crippen LogP contribution in [-0.4, -0.2) is 36.7 Å². The highest BCUT2D eigenvalue weighted by Gasteiger charge is 2.22. The third kappa shape index (κ3) is 5.88. The zero-order chi connectivity index (χ0) is 21.5. The predicted octanol–water partition coefficient (Wildman–Crippen LogP) is 5.56. The van der Waals surface area contributed by atoms with Crippen LogP contribution in [0.15, 0.2) is 66.0 Å². The number of ether oxygens (including phenoxy) is 1. The molecule has 0 radical (unpaired) electrons. The molecule has 2 heterocycles. The lowest BCUT2D eigenvalue weighted by Crippen LogP contribution is -2.32. The van der Waals surface area contributed by atoms with Gasteiger partial charge in [-0.3, -0.25) is 4.90 Å². The molecular formula is C26H32N2O2S. The summed E-state index contributed by atoms with van der Waals surface area (Å²) in [5, 5.41) is 15.2. The van der Waals surface area contributed by atoms with Crippen molar-refractivity contribution < 1.29 is 9.84 Å². The topological polar surface area (TPSA) is 44.7 Å². The maximum Gasteiger partial charge on any atom is 0.134 e. The highest BCUT2D eigenvalue weighted by Crippen LogP contribution is 2.33. The van der Waals surface area contributed by atoms with Crippen molar-refractivity contribution >= 4 is 11.3 Å². The monoisotopic (exact) mass is 436 g/mol. The fraction of sp³-hybridized carbons (Fsp3) is 0.385. The third-order valence-electron chi connectivity index (χ3n) is 6.08. The molecule has 0 saturated carbocycles. The maximum absolute atomic E-state index is 9.79. The molecule has 1 aromatic heterocycles. The molecule has 0 aliphatic carbocycles. The highest BCUT2D eigenvalue weighted by atomic mass is 32.1. The summed E-state index contributed by atoms with van der Waals surface area (Å²) in [5.74, 6) is 1.89. The van der Waals surface area contributed by atoms with Crippen LogP contribution in [0.1, 0.15) is 47.3 Å². The van der Waals surface area contributed by atoms with Crippen LogP contribution in [0.2, 0.25) is 0 Å². The van der Waals surface area contributed by atoms with Crippen molar-refractivity contribution in [3.05, 3.63) is 82.0 Å². The molecule has 0 spiro atoms. The number of para-hydroxylation sites is 1. The van der Waals surface area contributed by atoms with Crippen LogP contribution in [0.25, 0.3) is 0 Å². The molecular weight excluding hydrogens is 404 g/mol. The average Bonchev–Trinajstić information content (AvgIpc) is 3.33. The van der Waals surface area contributed by atoms with Crippen molar-refractivity contribution in [2.24, 2.45) is 0 Å². The SMILES string of the molecule is CNCC[C@@H](Oc1ccccc1CN1CCC(c2cccc(O)c2)CC1)c1cccs1. The number of phenolic OH excluding ortho intramolecular Hbond substituents is 1. The van der Waals surface area contributed by atoms with E-state index < -0.39 is 0 Å². The smallest absolute Gasteiger partial charge is 0.134 e. The number of nitrogens with one attached hydrogen (secondary N) is 1. The van der Waals surface area contributed by atoms with Gasteiger partial charge in [0.15, 0.2) is 0 Å². The van der Waals surface area contributed by atoms with Crippen LogP contribution in [0.3, 0.4) is 0 Å². The van der Waals surface area contributed by atoms with E-state index in [2.05, 4.69) is 58.1 Å². The molecule has 0 amide bonds. The van der Waals surface area contributed by atoms with E-state index >= 15 is 0 Å². The van der Waals surface area contributed by atoms with Crippen molar-refractivity contribution in [1.29, 1.82) is 0 Å². The predicted molar refractivity (Wildman–Crippen MR) is 128 cm³/mol. The van der Waals surface area contributed by atoms with Crippen LogP contribution >= 0.6 is 11.3 Å². The minimum atomic E-state index is 0.0742. The molecule has 3 aromatic rings. The van der Waals surface area contributed by atoms with Gasteiger partial charge < -0.3 is 15.2 Å². The Morgan fingerprint density at radius 2 is 1.94 bits per heavy atom. The Morgan fingerprint density at radius 3 is 2.68 bits per heavy atom. The molecule has 2 aromatic carbocycles. The Morgan fingerprint density at radius 1 is 1.10 bits per heavy atom. The van der Waals surface area contributed by atoms with E-state index in [1.54, 1.807) is 17.4 Å². The minimum Gasteiger partial charge on any atom is -0.508 e. The normalized spacial score (nSPS) is 16.3. The Hall–Kier alpha value is -2.34. The quantitative estimate of drug-likeness (QED) is 0.461. The van der Waals surface area contributed by atoms with Gasteiger partial charge in [-0.2, -0.15) is 0 Å². The molecule has 31 heavy (non-hydrogen) atoms. The molecule has 2 N–H and O–H groups in total. The number of rotatable bonds is 9. The second-order valence-corrected chi connectivity index (χ2v) is 9.25. The lowest BCUT2D eigenvalue weighted by Gasteiger charge is -2.32. The number of nitrogens with zero attached hydrogens (tertiary/aromatic N) is 1. The number of benzene rings is 2. The van der Waals surface area contributed by atoms with E-state index in [-0.39, 0.29) is 6.10 Å². The van der Waals surface area contributed by atoms with Crippen LogP contribution in [0.5, 0.6) is 11.5 Å². The summed E-state index contributed by atoms with van der Waals surface area (Å²) < 4.78 is 6.55. The number of likely N-dealkylation sites (tertiary alicyclic amines) is 1. The van der Waals surface area contributed by atoms with Gasteiger partial charge in [0.2, 0.25) is 0 Å². The van der Waals surface area contributed by atoms with Crippen molar-refractivity contribution in [3.8, 4) is 11.5 Å². The average molecular weight is 437 g/mol. The summed E-state index contributed by atoms with van der Waals surface area (Å²) in [4.78, 5) is 3.80. The maximum atomic E-state index is 9.79. The molecule has 4 nitrogen and oxygen atoms in total. The van der Waals surface area contributed by atoms with Gasteiger partial charge in [0.25, 0.3) is 0 Å². The lowest BCUT2D eigenvalue weighted by atomic mass is 9.89. The van der Waals surface area contributed by atoms with Gasteiger partial charge in [-0.05, 0) is 80.7 Å². The van der Waals surface area contributed by atoms with Gasteiger partial charge in [-0.25, -0.2) is 0 Å². The number of aromatic hydroxyl groups is 1. The summed E-state index contributed by atoms with van der Waals surface area (Å²) in [6.45, 7) is 3.95. The standard InChI is InChI=1S/C26H32N2O2S/c1-27-14-11-25(26-10-5-17-31-26)30-24-9-3-2-6-22(24)19-28-15-12-20(13-16-28)21-7-4-8-23(29)18-21/h2-10,17-18,20,25,27,29H,11-16,19H2,1H3/t25-/m1/s1. The summed E-state index contributed by atoms with van der Waals surface area (Å²) >= 11 is 1.76. The second kappa shape index (κ2) is 10.8. The first kappa shape index (κ1) is 21.9. The van der Waals surface area contributed by atoms with Crippen molar-refractivity contribution in [1.82, 2.24) is 10.2 Å². The Balaban J connectivity index is 1.40. The van der Waals surface area contributed by atoms with Crippen LogP contribution < -0.4 is 10.1 Å². The Bertz CT molecular complexity index is 936. The molecule has 4 rings (SSSR count). The Kier molecular flexibility index (Phi) is 7.62. The van der Waals surface area contributed by atoms with Gasteiger partial charge in [-0.15, -0.1) is 11.3 Å². The molecule has 0 unspecified atom stereocenters. The minimum absolute atomic E-state index is 0.0742. The molecule has 5 heteroatoms. The van der Waals surface area contributed by atoms with Gasteiger partial charge in [-0.1, -0.05) is 36.4 Å². The van der Waals surface area contributed by atoms with Gasteiger partial charge in [0.05, 0.1) is 0 Å². The van der Waals surface area contributed by atoms with E-state index in [0.717, 1.165) is 51.2 Å². The summed E-state index contributed by atoms with van der Waals surface area (Å²) in [6, 6.07) is 20.5. The van der Waals surface area contributed by atoms with E-state index in [0.29, 0.717) is 11.7 Å². The number of piperidine rings is 1. The molecule has 1 fully saturated rings. The number of phenols is 1. The van der Waals surface area contributed by atoms with Crippen molar-refractivity contribution in [3.63, 3.8) is 0 Å². The molecule has 1 aliphatic rings. The lowest BCUT2D eigenvalue weighted by molar-refractivity contribution is 0.181. The molecule has 1 aliphatic heterocycles. The third-order valence-corrected chi connectivity index (χ3v) is 7.05. The molecule has 1 saturated heterocycles. The Labute approximate surface area is 189 Å². The highest BCUT2D eigenvalue weighted by molar-refractivity contribution is 7.10. The molecule has 1 atom stereocenters. The fourth-order valence-corrected chi connectivity index (χ4v) is 5.15. The summed E-state index contributed by atoms with van der Waals surface area (Å²) in [5.41, 5.74) is 2.51. The zero-order valence-electron chi connectivity index (χ0n) is 18.2. The van der Waals surface area contributed by atoms with E-state index in [9.17, 15) is 5.11 Å². The molecule has 164 valence electrons. The summed E-state index contributed by atoms with van der Waals surface area (Å²) in [7, 11) is 1.99. The van der Waals surface area contributed by atoms with Crippen LogP contribution in [0.4, 0.5) is 0 Å². The number of thiophene rings is 1. The first-order valence-electron chi connectivity index (χ1n) is 11.2. The van der Waals surface area contributed by atoms with Crippen molar-refractivity contribution in [2.45, 2.75) is 37.8 Å². The van der Waals surface area contributed by atoms with E-state index in [4.69, 9.17) is 4.74 Å². The van der Waals surface area contributed by atoms with Gasteiger partial charge in [0.1, 0.15) is 17.6 Å². The first-order valence-corrected chi connectivity index (χ1v) is 12.0. The zero-order valence-corrected chi connectivity index (χ0v) is 19.0. The van der Waals surface area contributed by atoms with Crippen molar-refractivity contribution in [2.75, 3.05) is 26.7 Å². The fourth-order valence-electron chi connectivity index (χ4n) is 4.36. The number of hydrogen-bond acceptors (Lipinski definition) is 5. The molecule has 0 bridgehead atoms. The van der Waals surface area contributed by atoms with E-state index in [1.165, 1.54) is 16.0 Å². The number of hydrogen-bond donors (Lipinski definition) is 2. The van der Waals surface area contributed by atoms with Gasteiger partial charge >= 0.3 is 0 Å². The second-order valence-electron chi connectivity index (χ2n) is 8.27.